The Morgan fingerprint density at radius 1 is 1.70 bits per heavy atom. The van der Waals surface area contributed by atoms with Gasteiger partial charge in [0.15, 0.2) is 0 Å². The molecule has 1 rings (SSSR count). The van der Waals surface area contributed by atoms with Gasteiger partial charge in [-0.3, -0.25) is 0 Å². The van der Waals surface area contributed by atoms with Crippen LogP contribution in [0.15, 0.2) is 5.11 Å². The molecule has 0 aromatic rings. The van der Waals surface area contributed by atoms with Gasteiger partial charge in [0.2, 0.25) is 0 Å². The summed E-state index contributed by atoms with van der Waals surface area (Å²) in [6.07, 6.45) is 0. The van der Waals surface area contributed by atoms with Crippen LogP contribution in [0.1, 0.15) is 0 Å². The highest BCUT2D eigenvalue weighted by Gasteiger charge is 2.34. The number of nitrogens with one attached hydrogen (secondary N) is 1. The van der Waals surface area contributed by atoms with Crippen molar-refractivity contribution in [2.75, 3.05) is 17.5 Å². The summed E-state index contributed by atoms with van der Waals surface area (Å²) in [4.78, 5) is 2.78. The first-order valence-corrected chi connectivity index (χ1v) is 4.18. The van der Waals surface area contributed by atoms with E-state index in [4.69, 9.17) is 5.53 Å². The summed E-state index contributed by atoms with van der Waals surface area (Å²) < 4.78 is 0.905. The molecule has 4 nitrogen and oxygen atoms in total. The molecule has 1 aliphatic heterocycles. The lowest BCUT2D eigenvalue weighted by molar-refractivity contribution is 0.319. The van der Waals surface area contributed by atoms with E-state index in [2.05, 4.69) is 37.9 Å². The van der Waals surface area contributed by atoms with Crippen molar-refractivity contribution in [2.24, 2.45) is 5.11 Å². The van der Waals surface area contributed by atoms with Crippen LogP contribution in [0.4, 0.5) is 0 Å². The highest BCUT2D eigenvalue weighted by molar-refractivity contribution is 14.1. The predicted molar refractivity (Wildman–Crippen MR) is 50.9 cm³/mol. The van der Waals surface area contributed by atoms with Crippen molar-refractivity contribution in [3.63, 3.8) is 0 Å². The zero-order valence-electron chi connectivity index (χ0n) is 5.25. The second-order valence-corrected chi connectivity index (χ2v) is 2.91. The molecule has 1 aliphatic rings. The zero-order chi connectivity index (χ0) is 6.74. The fourth-order valence-electron chi connectivity index (χ4n) is 0.700. The van der Waals surface area contributed by atoms with E-state index in [0.717, 1.165) is 17.5 Å². The number of hydrogen-bond donors (Lipinski definition) is 1. The predicted octanol–water partition coefficient (Wildman–Crippen LogP) is 1.50. The molecule has 0 bridgehead atoms. The van der Waals surface area contributed by atoms with Gasteiger partial charge in [0, 0.05) is 22.4 Å². The number of rotatable bonds is 2. The summed E-state index contributed by atoms with van der Waals surface area (Å²) >= 11 is 2.24. The van der Waals surface area contributed by atoms with Crippen LogP contribution in [0.25, 0.3) is 10.4 Å². The second-order valence-electron chi connectivity index (χ2n) is 2.15. The van der Waals surface area contributed by atoms with E-state index in [1.54, 1.807) is 0 Å². The standard InChI is InChI=1S/C4H7IN4.ClH/c5-1-4(8-9-6)2-7-3-4;/h7H,1-3H2;1H. The largest absolute Gasteiger partial charge is 0.315 e. The summed E-state index contributed by atoms with van der Waals surface area (Å²) in [7, 11) is 0. The van der Waals surface area contributed by atoms with Crippen molar-refractivity contribution in [1.29, 1.82) is 0 Å². The van der Waals surface area contributed by atoms with Crippen molar-refractivity contribution in [2.45, 2.75) is 5.54 Å². The van der Waals surface area contributed by atoms with Crippen molar-refractivity contribution in [3.05, 3.63) is 10.4 Å². The first-order chi connectivity index (χ1) is 4.33. The first kappa shape index (κ1) is 10.3. The highest BCUT2D eigenvalue weighted by atomic mass is 127. The lowest BCUT2D eigenvalue weighted by atomic mass is 9.97. The molecule has 1 N–H and O–H groups in total. The third-order valence-corrected chi connectivity index (χ3v) is 2.83. The molecule has 0 saturated carbocycles. The van der Waals surface area contributed by atoms with Crippen LogP contribution in [0, 0.1) is 0 Å². The number of alkyl halides is 1. The van der Waals surface area contributed by atoms with Gasteiger partial charge in [0.1, 0.15) is 0 Å². The Morgan fingerprint density at radius 2 is 2.30 bits per heavy atom. The van der Waals surface area contributed by atoms with E-state index in [9.17, 15) is 0 Å². The van der Waals surface area contributed by atoms with Gasteiger partial charge in [0.05, 0.1) is 5.54 Å². The fourth-order valence-corrected chi connectivity index (χ4v) is 1.39. The van der Waals surface area contributed by atoms with E-state index in [-0.39, 0.29) is 17.9 Å². The Kier molecular flexibility index (Phi) is 4.35. The lowest BCUT2D eigenvalue weighted by Gasteiger charge is -2.36. The maximum absolute atomic E-state index is 8.13. The summed E-state index contributed by atoms with van der Waals surface area (Å²) in [5, 5.41) is 6.76. The Labute approximate surface area is 78.9 Å². The van der Waals surface area contributed by atoms with Gasteiger partial charge < -0.3 is 5.32 Å². The van der Waals surface area contributed by atoms with E-state index in [0.29, 0.717) is 0 Å². The molecule has 0 amide bonds. The average molecular weight is 274 g/mol. The lowest BCUT2D eigenvalue weighted by Crippen LogP contribution is -2.59. The van der Waals surface area contributed by atoms with Crippen LogP contribution >= 0.6 is 35.0 Å². The third kappa shape index (κ3) is 1.88. The van der Waals surface area contributed by atoms with Crippen LogP contribution in [-0.4, -0.2) is 23.1 Å². The van der Waals surface area contributed by atoms with Crippen LogP contribution in [0.5, 0.6) is 0 Å². The van der Waals surface area contributed by atoms with Gasteiger partial charge in [-0.05, 0) is 5.53 Å². The molecule has 0 atom stereocenters. The van der Waals surface area contributed by atoms with Gasteiger partial charge in [-0.15, -0.1) is 12.4 Å². The number of azide groups is 1. The molecule has 6 heteroatoms. The minimum Gasteiger partial charge on any atom is -0.315 e. The summed E-state index contributed by atoms with van der Waals surface area (Å²) in [5.74, 6) is 0. The SMILES string of the molecule is Cl.[N-]=[N+]=NC1(CI)CNC1. The van der Waals surface area contributed by atoms with Crippen molar-refractivity contribution < 1.29 is 0 Å². The molecule has 0 aliphatic carbocycles. The average Bonchev–Trinajstić information content (AvgIpc) is 1.79. The number of hydrogen-bond acceptors (Lipinski definition) is 2. The quantitative estimate of drug-likeness (QED) is 0.268. The van der Waals surface area contributed by atoms with Crippen molar-refractivity contribution >= 4 is 35.0 Å². The topological polar surface area (TPSA) is 60.8 Å². The molecule has 10 heavy (non-hydrogen) atoms. The van der Waals surface area contributed by atoms with Crippen LogP contribution in [-0.2, 0) is 0 Å². The first-order valence-electron chi connectivity index (χ1n) is 2.66. The summed E-state index contributed by atoms with van der Waals surface area (Å²) in [6.45, 7) is 1.67. The van der Waals surface area contributed by atoms with Crippen LogP contribution < -0.4 is 5.32 Å². The second kappa shape index (κ2) is 4.23. The molecule has 0 aromatic heterocycles. The Balaban J connectivity index is 0.000000810. The zero-order valence-corrected chi connectivity index (χ0v) is 8.22. The van der Waals surface area contributed by atoms with Gasteiger partial charge in [0.25, 0.3) is 0 Å². The van der Waals surface area contributed by atoms with Crippen LogP contribution in [0.2, 0.25) is 0 Å². The van der Waals surface area contributed by atoms with E-state index >= 15 is 0 Å². The van der Waals surface area contributed by atoms with E-state index < -0.39 is 0 Å². The molecule has 1 fully saturated rings. The highest BCUT2D eigenvalue weighted by Crippen LogP contribution is 2.19. The van der Waals surface area contributed by atoms with Crippen molar-refractivity contribution in [3.8, 4) is 0 Å². The molecule has 1 heterocycles. The Hall–Kier alpha value is 0.290. The fraction of sp³-hybridized carbons (Fsp3) is 1.00. The molecule has 0 radical (unpaired) electrons. The van der Waals surface area contributed by atoms with Gasteiger partial charge in [-0.25, -0.2) is 0 Å². The van der Waals surface area contributed by atoms with E-state index in [1.807, 2.05) is 0 Å². The number of nitrogens with zero attached hydrogens (tertiary/aromatic N) is 3. The van der Waals surface area contributed by atoms with Gasteiger partial charge >= 0.3 is 0 Å². The monoisotopic (exact) mass is 274 g/mol. The molecule has 0 spiro atoms. The maximum Gasteiger partial charge on any atom is 0.0825 e. The van der Waals surface area contributed by atoms with Crippen LogP contribution in [0.3, 0.4) is 0 Å². The minimum absolute atomic E-state index is 0. The Morgan fingerprint density at radius 3 is 2.40 bits per heavy atom. The maximum atomic E-state index is 8.13. The molecular formula is C4H8ClIN4. The molecule has 58 valence electrons. The molecular weight excluding hydrogens is 266 g/mol. The Bertz CT molecular complexity index is 146. The third-order valence-electron chi connectivity index (χ3n) is 1.41. The number of halogens is 2. The molecule has 0 aromatic carbocycles. The summed E-state index contributed by atoms with van der Waals surface area (Å²) in [6, 6.07) is 0. The van der Waals surface area contributed by atoms with Crippen molar-refractivity contribution in [1.82, 2.24) is 5.32 Å². The smallest absolute Gasteiger partial charge is 0.0825 e. The van der Waals surface area contributed by atoms with Gasteiger partial charge in [-0.1, -0.05) is 27.7 Å². The molecule has 1 saturated heterocycles. The normalized spacial score (nSPS) is 19.7. The van der Waals surface area contributed by atoms with E-state index in [1.165, 1.54) is 0 Å². The summed E-state index contributed by atoms with van der Waals surface area (Å²) in [5.41, 5.74) is 8.02. The van der Waals surface area contributed by atoms with Gasteiger partial charge in [-0.2, -0.15) is 0 Å². The molecule has 0 unspecified atom stereocenters. The minimum atomic E-state index is -0.102.